The fourth-order valence-corrected chi connectivity index (χ4v) is 5.64. The van der Waals surface area contributed by atoms with Crippen LogP contribution in [0.5, 0.6) is 0 Å². The van der Waals surface area contributed by atoms with Gasteiger partial charge >= 0.3 is 12.1 Å². The topological polar surface area (TPSA) is 112 Å². The lowest BCUT2D eigenvalue weighted by molar-refractivity contribution is -0.147. The Balaban J connectivity index is 1.39. The van der Waals surface area contributed by atoms with Gasteiger partial charge < -0.3 is 20.1 Å². The molecule has 0 radical (unpaired) electrons. The summed E-state index contributed by atoms with van der Waals surface area (Å²) < 4.78 is 54.1. The Kier molecular flexibility index (Phi) is 9.99. The summed E-state index contributed by atoms with van der Waals surface area (Å²) in [5.74, 6) is -2.05. The third-order valence-corrected chi connectivity index (χ3v) is 7.95. The Hall–Kier alpha value is -4.19. The van der Waals surface area contributed by atoms with Crippen molar-refractivity contribution in [3.05, 3.63) is 77.5 Å². The smallest absolute Gasteiger partial charge is 0.417 e. The highest BCUT2D eigenvalue weighted by atomic mass is 19.4. The largest absolute Gasteiger partial charge is 0.461 e. The van der Waals surface area contributed by atoms with Crippen LogP contribution >= 0.6 is 0 Å². The van der Waals surface area contributed by atoms with Crippen molar-refractivity contribution in [2.75, 3.05) is 13.2 Å². The minimum Gasteiger partial charge on any atom is -0.461 e. The third-order valence-electron chi connectivity index (χ3n) is 7.95. The number of hydrogen-bond acceptors (Lipinski definition) is 6. The summed E-state index contributed by atoms with van der Waals surface area (Å²) in [6.45, 7) is 0.944. The molecule has 5 rings (SSSR count). The van der Waals surface area contributed by atoms with Crippen molar-refractivity contribution in [1.82, 2.24) is 20.4 Å². The van der Waals surface area contributed by atoms with E-state index < -0.39 is 42.0 Å². The van der Waals surface area contributed by atoms with Crippen LogP contribution in [0.4, 0.5) is 13.2 Å². The van der Waals surface area contributed by atoms with Gasteiger partial charge in [0.2, 0.25) is 5.91 Å². The lowest BCUT2D eigenvalue weighted by Crippen LogP contribution is -2.51. The number of esters is 1. The van der Waals surface area contributed by atoms with Gasteiger partial charge in [0.25, 0.3) is 5.91 Å². The minimum atomic E-state index is -4.61. The SMILES string of the molecule is O=C(C[C@@H](NC(=O)c1cc(-c2ccccc2C(F)(F)F)n(C2CCCC2)n1)C(=O)NC1CCOCC1)OCc1ccccc1. The van der Waals surface area contributed by atoms with Crippen LogP contribution in [-0.2, 0) is 31.8 Å². The van der Waals surface area contributed by atoms with Crippen LogP contribution in [0.1, 0.15) is 72.6 Å². The standard InChI is InChI=1S/C32H35F3N4O5/c33-32(34,35)25-13-7-6-12-24(25)28-18-27(38-39(28)23-10-4-5-11-23)31(42)37-26(30(41)36-22-14-16-43-17-15-22)19-29(40)44-20-21-8-2-1-3-9-21/h1-3,6-9,12-13,18,22-23,26H,4-5,10-11,14-17,19-20H2,(H,36,41)(H,37,42)/t26-/m1/s1. The van der Waals surface area contributed by atoms with Crippen LogP contribution in [0, 0.1) is 0 Å². The summed E-state index contributed by atoms with van der Waals surface area (Å²) in [4.78, 5) is 39.7. The summed E-state index contributed by atoms with van der Waals surface area (Å²) >= 11 is 0. The fourth-order valence-electron chi connectivity index (χ4n) is 5.64. The Morgan fingerprint density at radius 1 is 0.977 bits per heavy atom. The second kappa shape index (κ2) is 14.1. The van der Waals surface area contributed by atoms with Gasteiger partial charge in [-0.1, -0.05) is 61.4 Å². The molecule has 1 aliphatic heterocycles. The summed E-state index contributed by atoms with van der Waals surface area (Å²) in [5.41, 5.74) is -0.138. The Bertz CT molecular complexity index is 1450. The van der Waals surface area contributed by atoms with Gasteiger partial charge in [0, 0.05) is 24.8 Å². The molecule has 3 aromatic rings. The molecule has 44 heavy (non-hydrogen) atoms. The number of hydrogen-bond donors (Lipinski definition) is 2. The van der Waals surface area contributed by atoms with Crippen LogP contribution in [0.15, 0.2) is 60.7 Å². The van der Waals surface area contributed by atoms with E-state index in [1.165, 1.54) is 28.9 Å². The number of halogens is 3. The molecule has 1 aliphatic carbocycles. The molecule has 234 valence electrons. The normalized spacial score (nSPS) is 16.8. The summed E-state index contributed by atoms with van der Waals surface area (Å²) in [7, 11) is 0. The maximum Gasteiger partial charge on any atom is 0.417 e. The summed E-state index contributed by atoms with van der Waals surface area (Å²) in [6, 6.07) is 13.9. The second-order valence-electron chi connectivity index (χ2n) is 11.1. The van der Waals surface area contributed by atoms with Crippen LogP contribution < -0.4 is 10.6 Å². The van der Waals surface area contributed by atoms with Crippen molar-refractivity contribution in [3.63, 3.8) is 0 Å². The molecule has 2 N–H and O–H groups in total. The van der Waals surface area contributed by atoms with E-state index >= 15 is 0 Å². The zero-order valence-corrected chi connectivity index (χ0v) is 24.1. The second-order valence-corrected chi connectivity index (χ2v) is 11.1. The van der Waals surface area contributed by atoms with Crippen LogP contribution in [0.2, 0.25) is 0 Å². The highest BCUT2D eigenvalue weighted by molar-refractivity contribution is 5.98. The highest BCUT2D eigenvalue weighted by Crippen LogP contribution is 2.40. The Morgan fingerprint density at radius 3 is 2.36 bits per heavy atom. The Morgan fingerprint density at radius 2 is 1.66 bits per heavy atom. The molecule has 2 aliphatic rings. The number of ether oxygens (including phenoxy) is 2. The minimum absolute atomic E-state index is 0.00427. The number of nitrogens with one attached hydrogen (secondary N) is 2. The molecule has 9 nitrogen and oxygen atoms in total. The van der Waals surface area contributed by atoms with E-state index in [2.05, 4.69) is 15.7 Å². The maximum atomic E-state index is 13.9. The molecule has 0 unspecified atom stereocenters. The van der Waals surface area contributed by atoms with Gasteiger partial charge in [-0.25, -0.2) is 0 Å². The zero-order valence-electron chi connectivity index (χ0n) is 24.1. The number of benzene rings is 2. The number of carbonyl (C=O) groups is 3. The van der Waals surface area contributed by atoms with E-state index in [1.54, 1.807) is 24.3 Å². The Labute approximate surface area is 253 Å². The van der Waals surface area contributed by atoms with Gasteiger partial charge in [0.1, 0.15) is 12.6 Å². The zero-order chi connectivity index (χ0) is 31.1. The lowest BCUT2D eigenvalue weighted by Gasteiger charge is -2.25. The highest BCUT2D eigenvalue weighted by Gasteiger charge is 2.36. The van der Waals surface area contributed by atoms with Crippen LogP contribution in [0.3, 0.4) is 0 Å². The molecular formula is C32H35F3N4O5. The molecule has 2 aromatic carbocycles. The van der Waals surface area contributed by atoms with E-state index in [1.807, 2.05) is 6.07 Å². The molecule has 2 fully saturated rings. The van der Waals surface area contributed by atoms with Crippen LogP contribution in [0.25, 0.3) is 11.3 Å². The van der Waals surface area contributed by atoms with Crippen molar-refractivity contribution >= 4 is 17.8 Å². The molecule has 0 spiro atoms. The van der Waals surface area contributed by atoms with Gasteiger partial charge in [-0.05, 0) is 43.4 Å². The molecule has 2 amide bonds. The average Bonchev–Trinajstić information content (AvgIpc) is 3.71. The maximum absolute atomic E-state index is 13.9. The molecule has 1 aromatic heterocycles. The van der Waals surface area contributed by atoms with Gasteiger partial charge in [-0.2, -0.15) is 18.3 Å². The first-order valence-electron chi connectivity index (χ1n) is 14.8. The molecule has 1 atom stereocenters. The quantitative estimate of drug-likeness (QED) is 0.304. The van der Waals surface area contributed by atoms with Crippen molar-refractivity contribution in [1.29, 1.82) is 0 Å². The molecule has 2 heterocycles. The number of aromatic nitrogens is 2. The van der Waals surface area contributed by atoms with E-state index in [9.17, 15) is 27.6 Å². The van der Waals surface area contributed by atoms with Crippen molar-refractivity contribution in [2.24, 2.45) is 0 Å². The van der Waals surface area contributed by atoms with Gasteiger partial charge in [0.05, 0.1) is 23.7 Å². The van der Waals surface area contributed by atoms with Crippen molar-refractivity contribution in [3.8, 4) is 11.3 Å². The lowest BCUT2D eigenvalue weighted by atomic mass is 10.0. The van der Waals surface area contributed by atoms with Gasteiger partial charge in [0.15, 0.2) is 5.69 Å². The summed E-state index contributed by atoms with van der Waals surface area (Å²) in [5, 5.41) is 9.92. The monoisotopic (exact) mass is 612 g/mol. The molecule has 12 heteroatoms. The van der Waals surface area contributed by atoms with E-state index in [-0.39, 0.29) is 35.6 Å². The van der Waals surface area contributed by atoms with E-state index in [4.69, 9.17) is 9.47 Å². The molecule has 1 saturated heterocycles. The van der Waals surface area contributed by atoms with Crippen molar-refractivity contribution < 1.29 is 37.0 Å². The van der Waals surface area contributed by atoms with Gasteiger partial charge in [-0.3, -0.25) is 19.1 Å². The predicted molar refractivity (Wildman–Crippen MR) is 154 cm³/mol. The average molecular weight is 613 g/mol. The predicted octanol–water partition coefficient (Wildman–Crippen LogP) is 5.21. The molecular weight excluding hydrogens is 577 g/mol. The number of alkyl halides is 3. The fraction of sp³-hybridized carbons (Fsp3) is 0.438. The van der Waals surface area contributed by atoms with Gasteiger partial charge in [-0.15, -0.1) is 0 Å². The number of amides is 2. The molecule has 1 saturated carbocycles. The molecule has 0 bridgehead atoms. The first kappa shape index (κ1) is 31.2. The summed E-state index contributed by atoms with van der Waals surface area (Å²) in [6.07, 6.45) is -0.673. The van der Waals surface area contributed by atoms with Crippen LogP contribution in [-0.4, -0.2) is 52.9 Å². The van der Waals surface area contributed by atoms with E-state index in [0.29, 0.717) is 38.9 Å². The van der Waals surface area contributed by atoms with Crippen molar-refractivity contribution in [2.45, 2.75) is 75.9 Å². The number of nitrogens with zero attached hydrogens (tertiary/aromatic N) is 2. The number of carbonyl (C=O) groups excluding carboxylic acids is 3. The first-order valence-corrected chi connectivity index (χ1v) is 14.8. The first-order chi connectivity index (χ1) is 21.2. The number of rotatable bonds is 10. The third kappa shape index (κ3) is 7.85. The van der Waals surface area contributed by atoms with E-state index in [0.717, 1.165) is 24.5 Å².